The maximum absolute atomic E-state index is 11.3. The molecule has 1 aliphatic heterocycles. The molecule has 0 spiro atoms. The van der Waals surface area contributed by atoms with Gasteiger partial charge in [0.2, 0.25) is 0 Å². The molecule has 0 amide bonds. The van der Waals surface area contributed by atoms with Crippen molar-refractivity contribution in [2.24, 2.45) is 10.7 Å². The number of thiophene rings is 1. The molecule has 164 valence electrons. The zero-order valence-electron chi connectivity index (χ0n) is 18.3. The Morgan fingerprint density at radius 3 is 2.74 bits per heavy atom. The van der Waals surface area contributed by atoms with Crippen molar-refractivity contribution >= 4 is 34.8 Å². The van der Waals surface area contributed by atoms with Gasteiger partial charge in [0, 0.05) is 29.2 Å². The fourth-order valence-electron chi connectivity index (χ4n) is 2.92. The first-order valence-electron chi connectivity index (χ1n) is 10.2. The number of aromatic nitrogens is 1. The third kappa shape index (κ3) is 5.90. The van der Waals surface area contributed by atoms with Crippen LogP contribution >= 0.6 is 11.3 Å². The summed E-state index contributed by atoms with van der Waals surface area (Å²) in [5.41, 5.74) is 8.03. The summed E-state index contributed by atoms with van der Waals surface area (Å²) in [5.74, 6) is 1.45. The molecule has 3 heterocycles. The predicted octanol–water partition coefficient (Wildman–Crippen LogP) is 4.94. The molecular formula is C23H29N5O2S. The van der Waals surface area contributed by atoms with Gasteiger partial charge in [-0.2, -0.15) is 0 Å². The Balaban J connectivity index is 0.000000807. The van der Waals surface area contributed by atoms with Crippen LogP contribution in [0.1, 0.15) is 47.7 Å². The molecule has 1 aliphatic rings. The van der Waals surface area contributed by atoms with Gasteiger partial charge in [-0.25, -0.2) is 4.99 Å². The van der Waals surface area contributed by atoms with Crippen LogP contribution in [0.5, 0.6) is 5.75 Å². The lowest BCUT2D eigenvalue weighted by Crippen LogP contribution is -2.25. The summed E-state index contributed by atoms with van der Waals surface area (Å²) in [5, 5.41) is 8.63. The third-order valence-corrected chi connectivity index (χ3v) is 5.01. The van der Waals surface area contributed by atoms with E-state index in [4.69, 9.17) is 9.73 Å². The number of ether oxygens (including phenoxy) is 1. The standard InChI is InChI=1S/C20H18N4O2S.C2H6.CH5N/c1-2-26-14-5-6-16-15(10-14)20(23-17-7-9-27-18(17)12-25)24-19(22-16)13-4-3-8-21-11-13;2*1-2/h3-12,19,22H,2H2,1H3,(H,23,24);1-2H3;2H2,1H3. The number of nitrogens with zero attached hydrogens (tertiary/aromatic N) is 2. The van der Waals surface area contributed by atoms with Crippen LogP contribution in [-0.2, 0) is 0 Å². The number of anilines is 2. The van der Waals surface area contributed by atoms with Crippen LogP contribution in [0.25, 0.3) is 0 Å². The fourth-order valence-corrected chi connectivity index (χ4v) is 3.57. The molecular weight excluding hydrogens is 410 g/mol. The number of carbonyl (C=O) groups is 1. The van der Waals surface area contributed by atoms with Crippen molar-refractivity contribution in [2.45, 2.75) is 26.9 Å². The van der Waals surface area contributed by atoms with E-state index in [0.29, 0.717) is 17.3 Å². The van der Waals surface area contributed by atoms with Gasteiger partial charge in [-0.1, -0.05) is 19.9 Å². The summed E-state index contributed by atoms with van der Waals surface area (Å²) in [6, 6.07) is 11.6. The van der Waals surface area contributed by atoms with Gasteiger partial charge in [-0.15, -0.1) is 11.3 Å². The molecule has 1 unspecified atom stereocenters. The molecule has 3 aromatic rings. The number of amidine groups is 1. The van der Waals surface area contributed by atoms with Crippen LogP contribution < -0.4 is 21.1 Å². The Bertz CT molecular complexity index is 989. The molecule has 0 aliphatic carbocycles. The average molecular weight is 440 g/mol. The highest BCUT2D eigenvalue weighted by atomic mass is 32.1. The van der Waals surface area contributed by atoms with E-state index in [1.165, 1.54) is 18.4 Å². The van der Waals surface area contributed by atoms with Gasteiger partial charge in [-0.05, 0) is 49.7 Å². The van der Waals surface area contributed by atoms with Gasteiger partial charge >= 0.3 is 0 Å². The quantitative estimate of drug-likeness (QED) is 0.487. The smallest absolute Gasteiger partial charge is 0.162 e. The first kappa shape index (κ1) is 24.0. The summed E-state index contributed by atoms with van der Waals surface area (Å²) < 4.78 is 5.64. The van der Waals surface area contributed by atoms with Crippen LogP contribution in [-0.4, -0.2) is 30.8 Å². The van der Waals surface area contributed by atoms with Gasteiger partial charge < -0.3 is 21.1 Å². The molecule has 4 N–H and O–H groups in total. The molecule has 0 radical (unpaired) electrons. The third-order valence-electron chi connectivity index (χ3n) is 4.16. The minimum absolute atomic E-state index is 0.273. The number of hydrogen-bond acceptors (Lipinski definition) is 8. The van der Waals surface area contributed by atoms with Crippen LogP contribution in [0.4, 0.5) is 11.4 Å². The van der Waals surface area contributed by atoms with Gasteiger partial charge in [0.25, 0.3) is 0 Å². The minimum Gasteiger partial charge on any atom is -0.494 e. The Morgan fingerprint density at radius 2 is 2.06 bits per heavy atom. The molecule has 0 fully saturated rings. The first-order chi connectivity index (χ1) is 15.3. The summed E-state index contributed by atoms with van der Waals surface area (Å²) in [6.07, 6.45) is 4.11. The SMILES string of the molecule is CC.CCOc1ccc2c(c1)C(Nc1ccsc1C=O)=NC(c1cccnc1)N2.CN. The van der Waals surface area contributed by atoms with Crippen LogP contribution in [0, 0.1) is 0 Å². The lowest BCUT2D eigenvalue weighted by Gasteiger charge is -2.26. The van der Waals surface area contributed by atoms with Gasteiger partial charge in [0.1, 0.15) is 17.8 Å². The molecule has 1 aromatic carbocycles. The second kappa shape index (κ2) is 12.5. The number of rotatable bonds is 5. The van der Waals surface area contributed by atoms with E-state index in [2.05, 4.69) is 21.4 Å². The number of pyridine rings is 1. The number of carbonyl (C=O) groups excluding carboxylic acids is 1. The van der Waals surface area contributed by atoms with Crippen LogP contribution in [0.3, 0.4) is 0 Å². The highest BCUT2D eigenvalue weighted by molar-refractivity contribution is 7.12. The number of nitrogens with one attached hydrogen (secondary N) is 2. The van der Waals surface area contributed by atoms with E-state index in [1.807, 2.05) is 62.5 Å². The van der Waals surface area contributed by atoms with Crippen molar-refractivity contribution in [3.8, 4) is 5.75 Å². The topological polar surface area (TPSA) is 102 Å². The molecule has 0 bridgehead atoms. The van der Waals surface area contributed by atoms with E-state index in [1.54, 1.807) is 12.4 Å². The Morgan fingerprint density at radius 1 is 1.26 bits per heavy atom. The molecule has 2 aromatic heterocycles. The van der Waals surface area contributed by atoms with Crippen molar-refractivity contribution in [3.63, 3.8) is 0 Å². The number of fused-ring (bicyclic) bond motifs is 1. The van der Waals surface area contributed by atoms with Gasteiger partial charge in [-0.3, -0.25) is 9.78 Å². The van der Waals surface area contributed by atoms with Crippen LogP contribution in [0.15, 0.2) is 59.2 Å². The number of benzene rings is 1. The Kier molecular flexibility index (Phi) is 9.67. The lowest BCUT2D eigenvalue weighted by atomic mass is 10.1. The van der Waals surface area contributed by atoms with E-state index < -0.39 is 0 Å². The van der Waals surface area contributed by atoms with E-state index in [-0.39, 0.29) is 6.17 Å². The Labute approximate surface area is 187 Å². The zero-order valence-corrected chi connectivity index (χ0v) is 19.1. The van der Waals surface area contributed by atoms with Crippen molar-refractivity contribution < 1.29 is 9.53 Å². The van der Waals surface area contributed by atoms with Crippen LogP contribution in [0.2, 0.25) is 0 Å². The lowest BCUT2D eigenvalue weighted by molar-refractivity contribution is 0.112. The van der Waals surface area contributed by atoms with Crippen molar-refractivity contribution in [1.29, 1.82) is 0 Å². The second-order valence-electron chi connectivity index (χ2n) is 5.89. The minimum atomic E-state index is -0.273. The highest BCUT2D eigenvalue weighted by Gasteiger charge is 2.23. The predicted molar refractivity (Wildman–Crippen MR) is 130 cm³/mol. The maximum Gasteiger partial charge on any atom is 0.162 e. The molecule has 0 saturated carbocycles. The van der Waals surface area contributed by atoms with E-state index in [9.17, 15) is 4.79 Å². The van der Waals surface area contributed by atoms with Crippen molar-refractivity contribution in [1.82, 2.24) is 4.98 Å². The fraction of sp³-hybridized carbons (Fsp3) is 0.261. The molecule has 0 saturated heterocycles. The number of aliphatic imine (C=N–C) groups is 1. The van der Waals surface area contributed by atoms with E-state index in [0.717, 1.165) is 34.5 Å². The van der Waals surface area contributed by atoms with Gasteiger partial charge in [0.15, 0.2) is 6.29 Å². The number of hydrogen-bond donors (Lipinski definition) is 3. The number of aldehydes is 1. The normalized spacial score (nSPS) is 13.7. The largest absolute Gasteiger partial charge is 0.494 e. The molecule has 8 heteroatoms. The highest BCUT2D eigenvalue weighted by Crippen LogP contribution is 2.33. The summed E-state index contributed by atoms with van der Waals surface area (Å²) in [7, 11) is 1.50. The maximum atomic E-state index is 11.3. The van der Waals surface area contributed by atoms with Gasteiger partial charge in [0.05, 0.1) is 17.2 Å². The zero-order chi connectivity index (χ0) is 22.6. The number of nitrogens with two attached hydrogens (primary N) is 1. The first-order valence-corrected chi connectivity index (χ1v) is 11.1. The average Bonchev–Trinajstić information content (AvgIpc) is 3.29. The molecule has 1 atom stereocenters. The molecule has 7 nitrogen and oxygen atoms in total. The Hall–Kier alpha value is -3.23. The summed E-state index contributed by atoms with van der Waals surface area (Å²) >= 11 is 1.39. The monoisotopic (exact) mass is 439 g/mol. The molecule has 31 heavy (non-hydrogen) atoms. The summed E-state index contributed by atoms with van der Waals surface area (Å²) in [6.45, 7) is 6.54. The van der Waals surface area contributed by atoms with E-state index >= 15 is 0 Å². The second-order valence-corrected chi connectivity index (χ2v) is 6.84. The van der Waals surface area contributed by atoms with Crippen molar-refractivity contribution in [2.75, 3.05) is 24.3 Å². The molecule has 4 rings (SSSR count). The summed E-state index contributed by atoms with van der Waals surface area (Å²) in [4.78, 5) is 20.9. The van der Waals surface area contributed by atoms with Crippen molar-refractivity contribution in [3.05, 3.63) is 70.2 Å².